The lowest BCUT2D eigenvalue weighted by Gasteiger charge is -2.32. The molecule has 172 valence electrons. The maximum absolute atomic E-state index is 12.9. The van der Waals surface area contributed by atoms with E-state index in [9.17, 15) is 9.59 Å². The molecule has 0 saturated carbocycles. The van der Waals surface area contributed by atoms with E-state index in [1.807, 2.05) is 66.6 Å². The zero-order chi connectivity index (χ0) is 23.0. The number of benzene rings is 2. The average Bonchev–Trinajstić information content (AvgIpc) is 3.37. The highest BCUT2D eigenvalue weighted by atomic mass is 16.2. The zero-order valence-electron chi connectivity index (χ0n) is 19.2. The van der Waals surface area contributed by atoms with Gasteiger partial charge in [-0.2, -0.15) is 0 Å². The fourth-order valence-electron chi connectivity index (χ4n) is 4.38. The van der Waals surface area contributed by atoms with E-state index < -0.39 is 0 Å². The Balaban J connectivity index is 1.27. The molecule has 1 atom stereocenters. The molecular formula is C27H32N4O2. The Morgan fingerprint density at radius 2 is 1.73 bits per heavy atom. The van der Waals surface area contributed by atoms with Crippen molar-refractivity contribution in [3.63, 3.8) is 0 Å². The molecular weight excluding hydrogens is 412 g/mol. The van der Waals surface area contributed by atoms with Gasteiger partial charge in [0.2, 0.25) is 11.8 Å². The minimum atomic E-state index is -0.152. The molecule has 1 fully saturated rings. The third-order valence-electron chi connectivity index (χ3n) is 6.42. The number of nitrogens with zero attached hydrogens (tertiary/aromatic N) is 2. The van der Waals surface area contributed by atoms with Crippen LogP contribution < -0.4 is 5.32 Å². The highest BCUT2D eigenvalue weighted by Gasteiger charge is 2.29. The first kappa shape index (κ1) is 22.8. The van der Waals surface area contributed by atoms with Crippen LogP contribution in [0.15, 0.2) is 66.9 Å². The van der Waals surface area contributed by atoms with Gasteiger partial charge in [-0.1, -0.05) is 67.6 Å². The predicted molar refractivity (Wildman–Crippen MR) is 129 cm³/mol. The molecule has 33 heavy (non-hydrogen) atoms. The van der Waals surface area contributed by atoms with Crippen molar-refractivity contribution >= 4 is 11.8 Å². The van der Waals surface area contributed by atoms with Gasteiger partial charge in [-0.15, -0.1) is 0 Å². The first-order valence-corrected chi connectivity index (χ1v) is 11.9. The van der Waals surface area contributed by atoms with Crippen molar-refractivity contribution in [3.05, 3.63) is 78.2 Å². The van der Waals surface area contributed by atoms with E-state index >= 15 is 0 Å². The molecule has 1 aliphatic heterocycles. The fourth-order valence-corrected chi connectivity index (χ4v) is 4.38. The molecule has 6 nitrogen and oxygen atoms in total. The number of likely N-dealkylation sites (tertiary alicyclic amines) is 1. The van der Waals surface area contributed by atoms with Crippen LogP contribution in [0.25, 0.3) is 11.3 Å². The van der Waals surface area contributed by atoms with Crippen LogP contribution in [0.5, 0.6) is 0 Å². The van der Waals surface area contributed by atoms with Gasteiger partial charge in [-0.25, -0.2) is 4.98 Å². The number of rotatable bonds is 8. The van der Waals surface area contributed by atoms with Gasteiger partial charge in [0.25, 0.3) is 0 Å². The van der Waals surface area contributed by atoms with Gasteiger partial charge in [-0.05, 0) is 36.8 Å². The highest BCUT2D eigenvalue weighted by molar-refractivity contribution is 5.80. The third kappa shape index (κ3) is 5.89. The van der Waals surface area contributed by atoms with Crippen molar-refractivity contribution < 1.29 is 9.59 Å². The van der Waals surface area contributed by atoms with Crippen molar-refractivity contribution in [2.24, 2.45) is 5.92 Å². The number of imidazole rings is 1. The molecule has 3 aromatic rings. The van der Waals surface area contributed by atoms with Gasteiger partial charge in [0.15, 0.2) is 0 Å². The number of carbonyl (C=O) groups excluding carboxylic acids is 2. The monoisotopic (exact) mass is 444 g/mol. The molecule has 4 rings (SSSR count). The van der Waals surface area contributed by atoms with Crippen molar-refractivity contribution in [1.29, 1.82) is 0 Å². The van der Waals surface area contributed by atoms with Gasteiger partial charge in [0.1, 0.15) is 5.82 Å². The molecule has 2 aromatic carbocycles. The summed E-state index contributed by atoms with van der Waals surface area (Å²) in [5.41, 5.74) is 3.20. The number of aromatic amines is 1. The number of aryl methyl sites for hydroxylation is 1. The third-order valence-corrected chi connectivity index (χ3v) is 6.42. The summed E-state index contributed by atoms with van der Waals surface area (Å²) in [6.45, 7) is 3.33. The van der Waals surface area contributed by atoms with Crippen molar-refractivity contribution in [2.45, 2.75) is 45.1 Å². The number of carbonyl (C=O) groups is 2. The number of piperidine rings is 1. The molecule has 0 bridgehead atoms. The molecule has 2 N–H and O–H groups in total. The fraction of sp³-hybridized carbons (Fsp3) is 0.370. The first-order valence-electron chi connectivity index (χ1n) is 11.9. The van der Waals surface area contributed by atoms with E-state index in [4.69, 9.17) is 0 Å². The lowest BCUT2D eigenvalue weighted by molar-refractivity contribution is -0.135. The van der Waals surface area contributed by atoms with Gasteiger partial charge < -0.3 is 15.2 Å². The second kappa shape index (κ2) is 10.9. The molecule has 6 heteroatoms. The second-order valence-electron chi connectivity index (χ2n) is 8.66. The largest absolute Gasteiger partial charge is 0.346 e. The minimum absolute atomic E-state index is 0.0518. The topological polar surface area (TPSA) is 78.1 Å². The summed E-state index contributed by atoms with van der Waals surface area (Å²) in [6.07, 6.45) is 5.25. The quantitative estimate of drug-likeness (QED) is 0.536. The molecule has 0 radical (unpaired) electrons. The maximum Gasteiger partial charge on any atom is 0.223 e. The molecule has 1 unspecified atom stereocenters. The van der Waals surface area contributed by atoms with E-state index in [2.05, 4.69) is 27.4 Å². The first-order chi connectivity index (χ1) is 16.1. The molecule has 0 spiro atoms. The Morgan fingerprint density at radius 1 is 1.06 bits per heavy atom. The van der Waals surface area contributed by atoms with Crippen LogP contribution in [-0.2, 0) is 16.0 Å². The van der Waals surface area contributed by atoms with Crippen LogP contribution in [0.1, 0.15) is 50.0 Å². The van der Waals surface area contributed by atoms with Crippen LogP contribution in [0.3, 0.4) is 0 Å². The van der Waals surface area contributed by atoms with E-state index in [1.165, 1.54) is 5.56 Å². The number of aromatic nitrogens is 2. The number of hydrogen-bond donors (Lipinski definition) is 2. The van der Waals surface area contributed by atoms with Gasteiger partial charge in [0.05, 0.1) is 17.9 Å². The number of hydrogen-bond acceptors (Lipinski definition) is 3. The Bertz CT molecular complexity index is 1040. The Morgan fingerprint density at radius 3 is 2.39 bits per heavy atom. The van der Waals surface area contributed by atoms with Crippen LogP contribution >= 0.6 is 0 Å². The summed E-state index contributed by atoms with van der Waals surface area (Å²) in [4.78, 5) is 35.3. The zero-order valence-corrected chi connectivity index (χ0v) is 19.2. The van der Waals surface area contributed by atoms with Crippen molar-refractivity contribution in [1.82, 2.24) is 20.2 Å². The predicted octanol–water partition coefficient (Wildman–Crippen LogP) is 4.52. The minimum Gasteiger partial charge on any atom is -0.346 e. The van der Waals surface area contributed by atoms with Crippen LogP contribution in [-0.4, -0.2) is 39.8 Å². The lowest BCUT2D eigenvalue weighted by atomic mass is 9.95. The van der Waals surface area contributed by atoms with Crippen LogP contribution in [0.4, 0.5) is 0 Å². The Hall–Kier alpha value is -3.41. The summed E-state index contributed by atoms with van der Waals surface area (Å²) in [5, 5.41) is 3.17. The van der Waals surface area contributed by atoms with E-state index in [1.54, 1.807) is 0 Å². The molecule has 2 amide bonds. The van der Waals surface area contributed by atoms with E-state index in [0.29, 0.717) is 32.4 Å². The molecule has 2 heterocycles. The maximum atomic E-state index is 12.9. The SMILES string of the molecule is CCC(NC(=O)C1CCN(C(=O)CCc2ccccc2)CC1)c1ncc(-c2ccccc2)[nH]1. The van der Waals surface area contributed by atoms with Crippen molar-refractivity contribution in [2.75, 3.05) is 13.1 Å². The number of nitrogens with one attached hydrogen (secondary N) is 2. The van der Waals surface area contributed by atoms with E-state index in [-0.39, 0.29) is 23.8 Å². The molecule has 1 aliphatic rings. The normalized spacial score (nSPS) is 15.2. The standard InChI is InChI=1S/C27H32N4O2/c1-2-23(26-28-19-24(29-26)21-11-7-4-8-12-21)30-27(33)22-15-17-31(18-16-22)25(32)14-13-20-9-5-3-6-10-20/h3-12,19,22-23H,2,13-18H2,1H3,(H,28,29)(H,30,33). The summed E-state index contributed by atoms with van der Waals surface area (Å²) in [5.74, 6) is 0.933. The lowest BCUT2D eigenvalue weighted by Crippen LogP contribution is -2.43. The molecule has 1 saturated heterocycles. The molecule has 0 aliphatic carbocycles. The van der Waals surface area contributed by atoms with Crippen molar-refractivity contribution in [3.8, 4) is 11.3 Å². The second-order valence-corrected chi connectivity index (χ2v) is 8.66. The van der Waals surface area contributed by atoms with Crippen LogP contribution in [0, 0.1) is 5.92 Å². The summed E-state index contributed by atoms with van der Waals surface area (Å²) >= 11 is 0. The van der Waals surface area contributed by atoms with Crippen LogP contribution in [0.2, 0.25) is 0 Å². The van der Waals surface area contributed by atoms with Gasteiger partial charge in [-0.3, -0.25) is 9.59 Å². The van der Waals surface area contributed by atoms with E-state index in [0.717, 1.165) is 29.9 Å². The number of amides is 2. The summed E-state index contributed by atoms with van der Waals surface area (Å²) in [7, 11) is 0. The van der Waals surface area contributed by atoms with Gasteiger partial charge in [0, 0.05) is 25.4 Å². The summed E-state index contributed by atoms with van der Waals surface area (Å²) < 4.78 is 0. The van der Waals surface area contributed by atoms with Gasteiger partial charge >= 0.3 is 0 Å². The summed E-state index contributed by atoms with van der Waals surface area (Å²) in [6, 6.07) is 20.0. The highest BCUT2D eigenvalue weighted by Crippen LogP contribution is 2.23. The average molecular weight is 445 g/mol. The Labute approximate surface area is 195 Å². The number of H-pyrrole nitrogens is 1. The Kier molecular flexibility index (Phi) is 7.55. The molecule has 1 aromatic heterocycles. The smallest absolute Gasteiger partial charge is 0.223 e.